The lowest BCUT2D eigenvalue weighted by Crippen LogP contribution is -2.35. The van der Waals surface area contributed by atoms with E-state index in [0.29, 0.717) is 11.9 Å². The van der Waals surface area contributed by atoms with Gasteiger partial charge in [-0.05, 0) is 32.7 Å². The van der Waals surface area contributed by atoms with Crippen molar-refractivity contribution in [1.29, 1.82) is 5.26 Å². The zero-order chi connectivity index (χ0) is 14.5. The van der Waals surface area contributed by atoms with Gasteiger partial charge in [0.15, 0.2) is 0 Å². The van der Waals surface area contributed by atoms with Gasteiger partial charge in [0.05, 0.1) is 4.92 Å². The summed E-state index contributed by atoms with van der Waals surface area (Å²) in [5.41, 5.74) is 0.0564. The SMILES string of the molecule is CNC1CCC(Nc2ncc([N+](=O)[O-])cc2C#N)CC1. The van der Waals surface area contributed by atoms with Gasteiger partial charge in [-0.2, -0.15) is 5.26 Å². The van der Waals surface area contributed by atoms with E-state index in [1.165, 1.54) is 12.3 Å². The molecule has 1 heterocycles. The number of anilines is 1. The molecule has 0 saturated heterocycles. The maximum atomic E-state index is 10.7. The molecule has 1 aromatic rings. The lowest BCUT2D eigenvalue weighted by atomic mass is 9.91. The zero-order valence-electron chi connectivity index (χ0n) is 11.3. The monoisotopic (exact) mass is 275 g/mol. The second-order valence-electron chi connectivity index (χ2n) is 4.94. The Morgan fingerprint density at radius 3 is 2.60 bits per heavy atom. The molecule has 0 radical (unpaired) electrons. The molecule has 1 fully saturated rings. The highest BCUT2D eigenvalue weighted by molar-refractivity contribution is 5.56. The predicted octanol–water partition coefficient (Wildman–Crippen LogP) is 1.80. The van der Waals surface area contributed by atoms with Crippen LogP contribution in [0.25, 0.3) is 0 Å². The summed E-state index contributed by atoms with van der Waals surface area (Å²) in [7, 11) is 1.96. The summed E-state index contributed by atoms with van der Waals surface area (Å²) in [6.45, 7) is 0. The van der Waals surface area contributed by atoms with Crippen molar-refractivity contribution in [2.75, 3.05) is 12.4 Å². The summed E-state index contributed by atoms with van der Waals surface area (Å²) < 4.78 is 0. The van der Waals surface area contributed by atoms with Gasteiger partial charge in [-0.1, -0.05) is 0 Å². The molecule has 1 saturated carbocycles. The second-order valence-corrected chi connectivity index (χ2v) is 4.94. The van der Waals surface area contributed by atoms with E-state index in [1.54, 1.807) is 0 Å². The van der Waals surface area contributed by atoms with Gasteiger partial charge >= 0.3 is 0 Å². The third kappa shape index (κ3) is 3.22. The van der Waals surface area contributed by atoms with E-state index >= 15 is 0 Å². The first-order valence-corrected chi connectivity index (χ1v) is 6.62. The molecule has 1 aliphatic rings. The number of hydrogen-bond donors (Lipinski definition) is 2. The van der Waals surface area contributed by atoms with Crippen molar-refractivity contribution < 1.29 is 4.92 Å². The van der Waals surface area contributed by atoms with Crippen LogP contribution in [0.1, 0.15) is 31.2 Å². The first kappa shape index (κ1) is 14.2. The van der Waals surface area contributed by atoms with Crippen LogP contribution in [-0.2, 0) is 0 Å². The number of aromatic nitrogens is 1. The highest BCUT2D eigenvalue weighted by Gasteiger charge is 2.21. The van der Waals surface area contributed by atoms with Crippen molar-refractivity contribution in [3.63, 3.8) is 0 Å². The van der Waals surface area contributed by atoms with E-state index < -0.39 is 4.92 Å². The lowest BCUT2D eigenvalue weighted by Gasteiger charge is -2.29. The van der Waals surface area contributed by atoms with Gasteiger partial charge in [0.25, 0.3) is 5.69 Å². The Hall–Kier alpha value is -2.20. The van der Waals surface area contributed by atoms with Gasteiger partial charge in [-0.3, -0.25) is 10.1 Å². The molecule has 0 aromatic carbocycles. The van der Waals surface area contributed by atoms with Gasteiger partial charge in [0.2, 0.25) is 0 Å². The number of nitrogens with zero attached hydrogens (tertiary/aromatic N) is 3. The van der Waals surface area contributed by atoms with Crippen molar-refractivity contribution in [3.8, 4) is 6.07 Å². The Morgan fingerprint density at radius 2 is 2.05 bits per heavy atom. The fourth-order valence-corrected chi connectivity index (χ4v) is 2.47. The Morgan fingerprint density at radius 1 is 1.40 bits per heavy atom. The molecule has 0 spiro atoms. The molecular weight excluding hydrogens is 258 g/mol. The summed E-state index contributed by atoms with van der Waals surface area (Å²) >= 11 is 0. The largest absolute Gasteiger partial charge is 0.366 e. The molecule has 0 amide bonds. The van der Waals surface area contributed by atoms with E-state index in [9.17, 15) is 10.1 Å². The minimum absolute atomic E-state index is 0.161. The van der Waals surface area contributed by atoms with E-state index in [-0.39, 0.29) is 17.3 Å². The van der Waals surface area contributed by atoms with Gasteiger partial charge in [-0.25, -0.2) is 4.98 Å². The highest BCUT2D eigenvalue weighted by atomic mass is 16.6. The van der Waals surface area contributed by atoms with Crippen LogP contribution in [0.4, 0.5) is 11.5 Å². The number of hydrogen-bond acceptors (Lipinski definition) is 6. The third-order valence-corrected chi connectivity index (χ3v) is 3.68. The summed E-state index contributed by atoms with van der Waals surface area (Å²) in [6.07, 6.45) is 5.32. The van der Waals surface area contributed by atoms with Crippen LogP contribution in [0.15, 0.2) is 12.3 Å². The zero-order valence-corrected chi connectivity index (χ0v) is 11.3. The Bertz CT molecular complexity index is 532. The van der Waals surface area contributed by atoms with Crippen molar-refractivity contribution in [1.82, 2.24) is 10.3 Å². The van der Waals surface area contributed by atoms with Crippen molar-refractivity contribution >= 4 is 11.5 Å². The third-order valence-electron chi connectivity index (χ3n) is 3.68. The summed E-state index contributed by atoms with van der Waals surface area (Å²) in [6, 6.07) is 4.03. The Kier molecular flexibility index (Phi) is 4.48. The molecule has 2 N–H and O–H groups in total. The fourth-order valence-electron chi connectivity index (χ4n) is 2.47. The minimum atomic E-state index is -0.546. The fraction of sp³-hybridized carbons (Fsp3) is 0.538. The number of rotatable bonds is 4. The quantitative estimate of drug-likeness (QED) is 0.641. The summed E-state index contributed by atoms with van der Waals surface area (Å²) in [5.74, 6) is 0.436. The van der Waals surface area contributed by atoms with Gasteiger partial charge in [0.1, 0.15) is 23.6 Å². The average molecular weight is 275 g/mol. The van der Waals surface area contributed by atoms with Gasteiger partial charge < -0.3 is 10.6 Å². The minimum Gasteiger partial charge on any atom is -0.366 e. The Labute approximate surface area is 117 Å². The van der Waals surface area contributed by atoms with E-state index in [1.807, 2.05) is 13.1 Å². The molecule has 20 heavy (non-hydrogen) atoms. The van der Waals surface area contributed by atoms with E-state index in [0.717, 1.165) is 25.7 Å². The standard InChI is InChI=1S/C13H17N5O2/c1-15-10-2-4-11(5-3-10)17-13-9(7-14)6-12(8-16-13)18(19)20/h6,8,10-11,15H,2-5H2,1H3,(H,16,17). The molecule has 0 bridgehead atoms. The molecule has 7 nitrogen and oxygen atoms in total. The summed E-state index contributed by atoms with van der Waals surface area (Å²) in [4.78, 5) is 14.1. The Balaban J connectivity index is 2.06. The van der Waals surface area contributed by atoms with E-state index in [2.05, 4.69) is 15.6 Å². The number of nitro groups is 1. The molecule has 1 aliphatic carbocycles. The maximum absolute atomic E-state index is 10.7. The van der Waals surface area contributed by atoms with Crippen LogP contribution in [0, 0.1) is 21.4 Å². The number of pyridine rings is 1. The molecular formula is C13H17N5O2. The van der Waals surface area contributed by atoms with Crippen molar-refractivity contribution in [3.05, 3.63) is 27.9 Å². The van der Waals surface area contributed by atoms with Gasteiger partial charge in [-0.15, -0.1) is 0 Å². The lowest BCUT2D eigenvalue weighted by molar-refractivity contribution is -0.385. The predicted molar refractivity (Wildman–Crippen MR) is 74.3 cm³/mol. The van der Waals surface area contributed by atoms with Crippen LogP contribution in [0.2, 0.25) is 0 Å². The first-order chi connectivity index (χ1) is 9.63. The van der Waals surface area contributed by atoms with Crippen molar-refractivity contribution in [2.24, 2.45) is 0 Å². The topological polar surface area (TPSA) is 104 Å². The molecule has 7 heteroatoms. The highest BCUT2D eigenvalue weighted by Crippen LogP contribution is 2.24. The summed E-state index contributed by atoms with van der Waals surface area (Å²) in [5, 5.41) is 26.2. The van der Waals surface area contributed by atoms with Crippen LogP contribution in [-0.4, -0.2) is 29.0 Å². The van der Waals surface area contributed by atoms with Crippen LogP contribution in [0.3, 0.4) is 0 Å². The van der Waals surface area contributed by atoms with Crippen LogP contribution in [0.5, 0.6) is 0 Å². The van der Waals surface area contributed by atoms with Crippen LogP contribution >= 0.6 is 0 Å². The average Bonchev–Trinajstić information content (AvgIpc) is 2.48. The van der Waals surface area contributed by atoms with Crippen LogP contribution < -0.4 is 10.6 Å². The molecule has 1 aromatic heterocycles. The molecule has 0 unspecified atom stereocenters. The number of nitrogens with one attached hydrogen (secondary N) is 2. The smallest absolute Gasteiger partial charge is 0.289 e. The van der Waals surface area contributed by atoms with Crippen molar-refractivity contribution in [2.45, 2.75) is 37.8 Å². The molecule has 0 aliphatic heterocycles. The molecule has 106 valence electrons. The molecule has 2 rings (SSSR count). The van der Waals surface area contributed by atoms with Gasteiger partial charge in [0, 0.05) is 18.2 Å². The van der Waals surface area contributed by atoms with E-state index in [4.69, 9.17) is 5.26 Å². The normalized spacial score (nSPS) is 22.0. The maximum Gasteiger partial charge on any atom is 0.289 e. The first-order valence-electron chi connectivity index (χ1n) is 6.62. The second kappa shape index (κ2) is 6.30. The molecule has 0 atom stereocenters. The number of nitriles is 1.